The Bertz CT molecular complexity index is 825. The van der Waals surface area contributed by atoms with Gasteiger partial charge in [-0.05, 0) is 43.6 Å². The first-order chi connectivity index (χ1) is 14.1. The third kappa shape index (κ3) is 5.69. The van der Waals surface area contributed by atoms with E-state index in [1.54, 1.807) is 36.3 Å². The van der Waals surface area contributed by atoms with E-state index in [0.717, 1.165) is 11.3 Å². The smallest absolute Gasteiger partial charge is 0.251 e. The van der Waals surface area contributed by atoms with Gasteiger partial charge >= 0.3 is 0 Å². The monoisotopic (exact) mass is 413 g/mol. The maximum Gasteiger partial charge on any atom is 0.251 e. The number of amides is 2. The van der Waals surface area contributed by atoms with Crippen molar-refractivity contribution in [2.24, 2.45) is 0 Å². The molecule has 29 heavy (non-hydrogen) atoms. The Hall–Kier alpha value is -2.61. The van der Waals surface area contributed by atoms with E-state index < -0.39 is 6.04 Å². The van der Waals surface area contributed by atoms with Crippen molar-refractivity contribution in [3.05, 3.63) is 53.9 Å². The molecule has 1 atom stereocenters. The first kappa shape index (κ1) is 21.1. The second kappa shape index (κ2) is 10.2. The van der Waals surface area contributed by atoms with Crippen LogP contribution >= 0.6 is 11.8 Å². The summed E-state index contributed by atoms with van der Waals surface area (Å²) in [5.41, 5.74) is 1.60. The summed E-state index contributed by atoms with van der Waals surface area (Å²) in [7, 11) is 0. The van der Waals surface area contributed by atoms with Crippen LogP contribution in [0.25, 0.3) is 0 Å². The second-order valence-corrected chi connectivity index (χ2v) is 8.02. The zero-order valence-electron chi connectivity index (χ0n) is 16.9. The molecule has 0 saturated carbocycles. The molecule has 1 unspecified atom stereocenters. The Kier molecular flexibility index (Phi) is 7.46. The van der Waals surface area contributed by atoms with E-state index in [2.05, 4.69) is 20.2 Å². The zero-order valence-corrected chi connectivity index (χ0v) is 17.7. The number of aromatic nitrogens is 2. The molecule has 2 amide bonds. The van der Waals surface area contributed by atoms with Crippen molar-refractivity contribution < 1.29 is 9.59 Å². The van der Waals surface area contributed by atoms with Crippen LogP contribution in [0.4, 0.5) is 5.95 Å². The van der Waals surface area contributed by atoms with Crippen LogP contribution in [0.5, 0.6) is 0 Å². The Labute approximate surface area is 175 Å². The zero-order chi connectivity index (χ0) is 20.6. The quantitative estimate of drug-likeness (QED) is 0.748. The molecule has 1 N–H and O–H groups in total. The van der Waals surface area contributed by atoms with E-state index in [4.69, 9.17) is 0 Å². The lowest BCUT2D eigenvalue weighted by Crippen LogP contribution is -2.55. The predicted octanol–water partition coefficient (Wildman–Crippen LogP) is 1.99. The largest absolute Gasteiger partial charge is 0.340 e. The number of hydrogen-bond donors (Lipinski definition) is 1. The van der Waals surface area contributed by atoms with Gasteiger partial charge < -0.3 is 15.1 Å². The molecule has 2 aromatic rings. The maximum atomic E-state index is 13.1. The van der Waals surface area contributed by atoms with Crippen molar-refractivity contribution in [1.29, 1.82) is 0 Å². The van der Waals surface area contributed by atoms with Crippen LogP contribution in [0, 0.1) is 6.92 Å². The number of nitrogens with zero attached hydrogens (tertiary/aromatic N) is 4. The molecule has 1 saturated heterocycles. The number of piperazine rings is 1. The van der Waals surface area contributed by atoms with Crippen LogP contribution in [0.2, 0.25) is 0 Å². The van der Waals surface area contributed by atoms with Crippen molar-refractivity contribution >= 4 is 29.5 Å². The Morgan fingerprint density at radius 3 is 2.52 bits per heavy atom. The Balaban J connectivity index is 1.62. The number of thioether (sulfide) groups is 1. The highest BCUT2D eigenvalue weighted by Crippen LogP contribution is 2.13. The van der Waals surface area contributed by atoms with E-state index in [-0.39, 0.29) is 11.8 Å². The molecule has 8 heteroatoms. The van der Waals surface area contributed by atoms with E-state index >= 15 is 0 Å². The minimum absolute atomic E-state index is 0.0197. The van der Waals surface area contributed by atoms with Crippen molar-refractivity contribution in [3.8, 4) is 0 Å². The fourth-order valence-electron chi connectivity index (χ4n) is 3.32. The van der Waals surface area contributed by atoms with Gasteiger partial charge in [-0.25, -0.2) is 9.97 Å². The van der Waals surface area contributed by atoms with Gasteiger partial charge in [0.25, 0.3) is 5.91 Å². The van der Waals surface area contributed by atoms with E-state index in [1.807, 2.05) is 36.3 Å². The fourth-order valence-corrected chi connectivity index (χ4v) is 3.79. The van der Waals surface area contributed by atoms with Gasteiger partial charge in [0.15, 0.2) is 0 Å². The summed E-state index contributed by atoms with van der Waals surface area (Å²) in [4.78, 5) is 38.3. The fraction of sp³-hybridized carbons (Fsp3) is 0.429. The molecule has 0 aliphatic carbocycles. The molecule has 0 bridgehead atoms. The SMILES string of the molecule is CSCCC(NC(=O)c1cccc(C)c1)C(=O)N1CCN(c2ncccn2)CC1. The van der Waals surface area contributed by atoms with Crippen LogP contribution in [-0.2, 0) is 4.79 Å². The van der Waals surface area contributed by atoms with Crippen molar-refractivity contribution in [2.75, 3.05) is 43.1 Å². The minimum atomic E-state index is -0.519. The van der Waals surface area contributed by atoms with Gasteiger partial charge in [0.05, 0.1) is 0 Å². The topological polar surface area (TPSA) is 78.4 Å². The van der Waals surface area contributed by atoms with Gasteiger partial charge in [0.1, 0.15) is 6.04 Å². The maximum absolute atomic E-state index is 13.1. The molecule has 1 aliphatic rings. The lowest BCUT2D eigenvalue weighted by Gasteiger charge is -2.36. The molecule has 7 nitrogen and oxygen atoms in total. The second-order valence-electron chi connectivity index (χ2n) is 7.04. The average Bonchev–Trinajstić information content (AvgIpc) is 2.76. The number of rotatable bonds is 7. The van der Waals surface area contributed by atoms with Crippen LogP contribution < -0.4 is 10.2 Å². The van der Waals surface area contributed by atoms with Crippen LogP contribution in [-0.4, -0.2) is 70.9 Å². The molecule has 1 aromatic heterocycles. The number of aryl methyl sites for hydroxylation is 1. The third-order valence-electron chi connectivity index (χ3n) is 4.92. The van der Waals surface area contributed by atoms with Crippen molar-refractivity contribution in [3.63, 3.8) is 0 Å². The first-order valence-electron chi connectivity index (χ1n) is 9.75. The summed E-state index contributed by atoms with van der Waals surface area (Å²) in [6.07, 6.45) is 6.06. The number of hydrogen-bond acceptors (Lipinski definition) is 6. The van der Waals surface area contributed by atoms with Gasteiger partial charge in [0, 0.05) is 44.1 Å². The summed E-state index contributed by atoms with van der Waals surface area (Å²) >= 11 is 1.67. The van der Waals surface area contributed by atoms with Gasteiger partial charge in [-0.2, -0.15) is 11.8 Å². The summed E-state index contributed by atoms with van der Waals surface area (Å²) in [6.45, 7) is 4.48. The van der Waals surface area contributed by atoms with Crippen LogP contribution in [0.15, 0.2) is 42.7 Å². The molecule has 2 heterocycles. The Morgan fingerprint density at radius 2 is 1.86 bits per heavy atom. The van der Waals surface area contributed by atoms with Crippen LogP contribution in [0.3, 0.4) is 0 Å². The molecule has 154 valence electrons. The molecule has 1 aliphatic heterocycles. The molecular formula is C21H27N5O2S. The van der Waals surface area contributed by atoms with Gasteiger partial charge in [-0.3, -0.25) is 9.59 Å². The summed E-state index contributed by atoms with van der Waals surface area (Å²) < 4.78 is 0. The number of carbonyl (C=O) groups is 2. The molecule has 1 aromatic carbocycles. The van der Waals surface area contributed by atoms with E-state index in [9.17, 15) is 9.59 Å². The number of benzene rings is 1. The molecule has 3 rings (SSSR count). The third-order valence-corrected chi connectivity index (χ3v) is 5.56. The molecule has 1 fully saturated rings. The molecule has 0 radical (unpaired) electrons. The van der Waals surface area contributed by atoms with E-state index in [1.165, 1.54) is 0 Å². The van der Waals surface area contributed by atoms with Gasteiger partial charge in [-0.1, -0.05) is 17.7 Å². The summed E-state index contributed by atoms with van der Waals surface area (Å²) in [5.74, 6) is 1.27. The van der Waals surface area contributed by atoms with Crippen LogP contribution in [0.1, 0.15) is 22.3 Å². The van der Waals surface area contributed by atoms with Crippen molar-refractivity contribution in [1.82, 2.24) is 20.2 Å². The standard InChI is InChI=1S/C21H27N5O2S/c1-16-5-3-6-17(15-16)19(27)24-18(7-14-29-2)20(28)25-10-12-26(13-11-25)21-22-8-4-9-23-21/h3-6,8-9,15,18H,7,10-14H2,1-2H3,(H,24,27). The highest BCUT2D eigenvalue weighted by Gasteiger charge is 2.29. The van der Waals surface area contributed by atoms with E-state index in [0.29, 0.717) is 44.1 Å². The predicted molar refractivity (Wildman–Crippen MR) is 116 cm³/mol. The van der Waals surface area contributed by atoms with Gasteiger partial charge in [0.2, 0.25) is 11.9 Å². The molecule has 0 spiro atoms. The Morgan fingerprint density at radius 1 is 1.14 bits per heavy atom. The summed E-state index contributed by atoms with van der Waals surface area (Å²) in [5, 5.41) is 2.95. The molecular weight excluding hydrogens is 386 g/mol. The number of carbonyl (C=O) groups excluding carboxylic acids is 2. The minimum Gasteiger partial charge on any atom is -0.340 e. The average molecular weight is 414 g/mol. The lowest BCUT2D eigenvalue weighted by atomic mass is 10.1. The van der Waals surface area contributed by atoms with Crippen molar-refractivity contribution in [2.45, 2.75) is 19.4 Å². The normalized spacial score (nSPS) is 15.1. The summed E-state index contributed by atoms with van der Waals surface area (Å²) in [6, 6.07) is 8.68. The highest BCUT2D eigenvalue weighted by molar-refractivity contribution is 7.98. The number of anilines is 1. The lowest BCUT2D eigenvalue weighted by molar-refractivity contribution is -0.133. The number of nitrogens with one attached hydrogen (secondary N) is 1. The highest BCUT2D eigenvalue weighted by atomic mass is 32.2. The van der Waals surface area contributed by atoms with Gasteiger partial charge in [-0.15, -0.1) is 0 Å². The first-order valence-corrected chi connectivity index (χ1v) is 11.1.